The SMILES string of the molecule is CC(C)[C@@H](O)CC[C@@H](C)[C@H]1C[C@H](O)C2[C@]3(O)C[C@H](O)C4C[C@@H](O)CC[C@]4(C)C3CC[C@@]21C. The highest BCUT2D eigenvalue weighted by atomic mass is 16.3. The summed E-state index contributed by atoms with van der Waals surface area (Å²) in [5.74, 6) is 0.780. The molecule has 32 heavy (non-hydrogen) atoms. The third-order valence-corrected chi connectivity index (χ3v) is 11.1. The lowest BCUT2D eigenvalue weighted by molar-refractivity contribution is -0.263. The molecule has 4 rings (SSSR count). The number of rotatable bonds is 5. The topological polar surface area (TPSA) is 101 Å². The Morgan fingerprint density at radius 3 is 2.19 bits per heavy atom. The minimum absolute atomic E-state index is 0.0201. The van der Waals surface area contributed by atoms with Crippen molar-refractivity contribution in [3.05, 3.63) is 0 Å². The van der Waals surface area contributed by atoms with Crippen molar-refractivity contribution in [1.29, 1.82) is 0 Å². The second-order valence-corrected chi connectivity index (χ2v) is 13.2. The third kappa shape index (κ3) is 3.69. The highest BCUT2D eigenvalue weighted by Crippen LogP contribution is 2.69. The fourth-order valence-electron chi connectivity index (χ4n) is 9.37. The first-order chi connectivity index (χ1) is 14.8. The average Bonchev–Trinajstić information content (AvgIpc) is 2.98. The number of fused-ring (bicyclic) bond motifs is 5. The summed E-state index contributed by atoms with van der Waals surface area (Å²) >= 11 is 0. The van der Waals surface area contributed by atoms with E-state index in [1.54, 1.807) is 0 Å². The Bertz CT molecular complexity index is 683. The molecule has 0 aromatic rings. The molecule has 0 aromatic carbocycles. The van der Waals surface area contributed by atoms with Crippen LogP contribution in [0.15, 0.2) is 0 Å². The summed E-state index contributed by atoms with van der Waals surface area (Å²) in [7, 11) is 0. The van der Waals surface area contributed by atoms with Crippen LogP contribution >= 0.6 is 0 Å². The summed E-state index contributed by atoms with van der Waals surface area (Å²) in [6.45, 7) is 10.8. The average molecular weight is 453 g/mol. The van der Waals surface area contributed by atoms with Crippen LogP contribution in [0.5, 0.6) is 0 Å². The standard InChI is InChI=1S/C27H48O5/c1-15(2)20(29)7-6-16(3)18-13-21(30)24-26(18,5)11-9-23-25(4)10-8-17(28)12-19(25)22(31)14-27(23,24)32/h15-24,28-32H,6-14H2,1-5H3/t16-,17+,18-,19?,20+,21+,22+,23?,24?,25+,26-,27+/m1/s1. The molecule has 186 valence electrons. The van der Waals surface area contributed by atoms with Crippen molar-refractivity contribution >= 4 is 0 Å². The van der Waals surface area contributed by atoms with Gasteiger partial charge >= 0.3 is 0 Å². The van der Waals surface area contributed by atoms with E-state index < -0.39 is 17.8 Å². The second kappa shape index (κ2) is 8.48. The minimum atomic E-state index is -1.06. The molecular weight excluding hydrogens is 404 g/mol. The normalized spacial score (nSPS) is 52.8. The van der Waals surface area contributed by atoms with E-state index in [4.69, 9.17) is 0 Å². The van der Waals surface area contributed by atoms with Crippen molar-refractivity contribution in [2.75, 3.05) is 0 Å². The largest absolute Gasteiger partial charge is 0.393 e. The van der Waals surface area contributed by atoms with Gasteiger partial charge in [-0.05, 0) is 91.8 Å². The Kier molecular flexibility index (Phi) is 6.60. The van der Waals surface area contributed by atoms with Gasteiger partial charge in [0.15, 0.2) is 0 Å². The van der Waals surface area contributed by atoms with Crippen molar-refractivity contribution in [2.45, 2.75) is 122 Å². The molecule has 0 aromatic heterocycles. The van der Waals surface area contributed by atoms with Crippen LogP contribution in [-0.2, 0) is 0 Å². The molecule has 3 unspecified atom stereocenters. The zero-order valence-corrected chi connectivity index (χ0v) is 20.9. The lowest BCUT2D eigenvalue weighted by Gasteiger charge is -2.66. The zero-order valence-electron chi connectivity index (χ0n) is 20.9. The number of hydrogen-bond donors (Lipinski definition) is 5. The summed E-state index contributed by atoms with van der Waals surface area (Å²) in [4.78, 5) is 0. The molecule has 0 spiro atoms. The molecule has 0 radical (unpaired) electrons. The Labute approximate surface area is 194 Å². The first-order valence-electron chi connectivity index (χ1n) is 13.3. The smallest absolute Gasteiger partial charge is 0.0763 e. The maximum atomic E-state index is 12.3. The molecule has 5 nitrogen and oxygen atoms in total. The third-order valence-electron chi connectivity index (χ3n) is 11.1. The second-order valence-electron chi connectivity index (χ2n) is 13.2. The van der Waals surface area contributed by atoms with Crippen LogP contribution in [0.2, 0.25) is 0 Å². The molecule has 4 fully saturated rings. The van der Waals surface area contributed by atoms with Gasteiger partial charge in [-0.3, -0.25) is 0 Å². The molecule has 5 N–H and O–H groups in total. The molecule has 0 heterocycles. The quantitative estimate of drug-likeness (QED) is 0.440. The summed E-state index contributed by atoms with van der Waals surface area (Å²) in [5, 5.41) is 55.4. The molecule has 4 aliphatic carbocycles. The molecule has 4 aliphatic rings. The number of hydrogen-bond acceptors (Lipinski definition) is 5. The number of aliphatic hydroxyl groups excluding tert-OH is 4. The van der Waals surface area contributed by atoms with E-state index in [2.05, 4.69) is 34.6 Å². The summed E-state index contributed by atoms with van der Waals surface area (Å²) in [6.07, 6.45) is 4.97. The van der Waals surface area contributed by atoms with Gasteiger partial charge in [-0.1, -0.05) is 34.6 Å². The van der Waals surface area contributed by atoms with Gasteiger partial charge in [0.25, 0.3) is 0 Å². The first-order valence-corrected chi connectivity index (χ1v) is 13.3. The monoisotopic (exact) mass is 452 g/mol. The molecular formula is C27H48O5. The molecule has 0 bridgehead atoms. The number of aliphatic hydroxyl groups is 5. The molecule has 0 saturated heterocycles. The van der Waals surface area contributed by atoms with Gasteiger partial charge in [0.05, 0.1) is 30.0 Å². The molecule has 12 atom stereocenters. The van der Waals surface area contributed by atoms with Crippen LogP contribution in [0, 0.1) is 46.3 Å². The molecule has 4 saturated carbocycles. The van der Waals surface area contributed by atoms with E-state index in [1.165, 1.54) is 0 Å². The maximum absolute atomic E-state index is 12.3. The van der Waals surface area contributed by atoms with Gasteiger partial charge < -0.3 is 25.5 Å². The van der Waals surface area contributed by atoms with Crippen LogP contribution in [-0.4, -0.2) is 55.5 Å². The summed E-state index contributed by atoms with van der Waals surface area (Å²) < 4.78 is 0. The van der Waals surface area contributed by atoms with E-state index in [-0.39, 0.29) is 46.7 Å². The fourth-order valence-corrected chi connectivity index (χ4v) is 9.37. The van der Waals surface area contributed by atoms with E-state index in [1.807, 2.05) is 0 Å². The van der Waals surface area contributed by atoms with E-state index >= 15 is 0 Å². The van der Waals surface area contributed by atoms with Crippen molar-refractivity contribution in [3.8, 4) is 0 Å². The molecule has 5 heteroatoms. The van der Waals surface area contributed by atoms with Crippen molar-refractivity contribution < 1.29 is 25.5 Å². The lowest BCUT2D eigenvalue weighted by atomic mass is 9.42. The van der Waals surface area contributed by atoms with E-state index in [0.717, 1.165) is 38.5 Å². The van der Waals surface area contributed by atoms with Crippen molar-refractivity contribution in [2.24, 2.45) is 46.3 Å². The lowest BCUT2D eigenvalue weighted by Crippen LogP contribution is -2.68. The predicted octanol–water partition coefficient (Wildman–Crippen LogP) is 3.50. The Balaban J connectivity index is 1.59. The fraction of sp³-hybridized carbons (Fsp3) is 1.00. The molecule has 0 aliphatic heterocycles. The Morgan fingerprint density at radius 2 is 1.53 bits per heavy atom. The van der Waals surface area contributed by atoms with Crippen LogP contribution in [0.4, 0.5) is 0 Å². The zero-order chi connectivity index (χ0) is 23.6. The van der Waals surface area contributed by atoms with Gasteiger partial charge in [-0.15, -0.1) is 0 Å². The molecule has 0 amide bonds. The van der Waals surface area contributed by atoms with Gasteiger partial charge in [-0.25, -0.2) is 0 Å². The minimum Gasteiger partial charge on any atom is -0.393 e. The van der Waals surface area contributed by atoms with E-state index in [9.17, 15) is 25.5 Å². The van der Waals surface area contributed by atoms with Crippen LogP contribution in [0.25, 0.3) is 0 Å². The highest BCUT2D eigenvalue weighted by molar-refractivity contribution is 5.20. The van der Waals surface area contributed by atoms with Crippen LogP contribution in [0.1, 0.15) is 92.4 Å². The van der Waals surface area contributed by atoms with Gasteiger partial charge in [0, 0.05) is 12.3 Å². The first kappa shape index (κ1) is 24.9. The van der Waals surface area contributed by atoms with Gasteiger partial charge in [-0.2, -0.15) is 0 Å². The van der Waals surface area contributed by atoms with Crippen molar-refractivity contribution in [3.63, 3.8) is 0 Å². The Morgan fingerprint density at radius 1 is 0.875 bits per heavy atom. The van der Waals surface area contributed by atoms with E-state index in [0.29, 0.717) is 31.1 Å². The van der Waals surface area contributed by atoms with Crippen molar-refractivity contribution in [1.82, 2.24) is 0 Å². The highest BCUT2D eigenvalue weighted by Gasteiger charge is 2.70. The maximum Gasteiger partial charge on any atom is 0.0763 e. The van der Waals surface area contributed by atoms with Crippen LogP contribution < -0.4 is 0 Å². The van der Waals surface area contributed by atoms with Gasteiger partial charge in [0.2, 0.25) is 0 Å². The van der Waals surface area contributed by atoms with Gasteiger partial charge in [0.1, 0.15) is 0 Å². The van der Waals surface area contributed by atoms with Crippen LogP contribution in [0.3, 0.4) is 0 Å². The summed E-state index contributed by atoms with van der Waals surface area (Å²) in [5.41, 5.74) is -1.42. The summed E-state index contributed by atoms with van der Waals surface area (Å²) in [6, 6.07) is 0. The predicted molar refractivity (Wildman–Crippen MR) is 125 cm³/mol. The Hall–Kier alpha value is -0.200.